The Morgan fingerprint density at radius 3 is 2.55 bits per heavy atom. The fourth-order valence-electron chi connectivity index (χ4n) is 3.49. The number of hydrogen-bond donors (Lipinski definition) is 1. The van der Waals surface area contributed by atoms with Crippen molar-refractivity contribution in [3.05, 3.63) is 41.7 Å². The number of nitrogens with zero attached hydrogens (tertiary/aromatic N) is 5. The first-order valence-electron chi connectivity index (χ1n) is 7.96. The molecule has 2 aromatic rings. The third kappa shape index (κ3) is 2.42. The Kier molecular flexibility index (Phi) is 3.43. The lowest BCUT2D eigenvalue weighted by Gasteiger charge is -2.39. The van der Waals surface area contributed by atoms with E-state index in [-0.39, 0.29) is 0 Å². The van der Waals surface area contributed by atoms with Gasteiger partial charge in [0.2, 0.25) is 0 Å². The molecule has 0 aromatic carbocycles. The van der Waals surface area contributed by atoms with Crippen LogP contribution in [0.4, 0.5) is 0 Å². The fourth-order valence-corrected chi connectivity index (χ4v) is 3.49. The van der Waals surface area contributed by atoms with Gasteiger partial charge < -0.3 is 10.3 Å². The summed E-state index contributed by atoms with van der Waals surface area (Å²) in [5.74, 6) is 3.29. The molecule has 6 heteroatoms. The number of nitrogens with two attached hydrogens (primary N) is 1. The maximum Gasteiger partial charge on any atom is 0.146 e. The zero-order valence-electron chi connectivity index (χ0n) is 12.9. The highest BCUT2D eigenvalue weighted by molar-refractivity contribution is 5.20. The highest BCUT2D eigenvalue weighted by Crippen LogP contribution is 2.35. The first-order valence-corrected chi connectivity index (χ1v) is 7.96. The molecule has 0 bridgehead atoms. The molecule has 1 saturated heterocycles. The van der Waals surface area contributed by atoms with Gasteiger partial charge in [0.25, 0.3) is 0 Å². The van der Waals surface area contributed by atoms with Crippen molar-refractivity contribution in [3.8, 4) is 0 Å². The SMILES string of the molecule is Cn1c(CN2CC(c3ccncc3)C2)nnc1C1CC(N)C1. The topological polar surface area (TPSA) is 72.9 Å². The third-order valence-corrected chi connectivity index (χ3v) is 5.04. The van der Waals surface area contributed by atoms with E-state index in [1.54, 1.807) is 0 Å². The molecule has 2 N–H and O–H groups in total. The quantitative estimate of drug-likeness (QED) is 0.912. The van der Waals surface area contributed by atoms with Crippen LogP contribution in [0.25, 0.3) is 0 Å². The van der Waals surface area contributed by atoms with E-state index in [1.807, 2.05) is 12.4 Å². The maximum absolute atomic E-state index is 5.87. The Bertz CT molecular complexity index is 640. The van der Waals surface area contributed by atoms with Crippen molar-refractivity contribution in [2.45, 2.75) is 37.3 Å². The molecule has 0 spiro atoms. The predicted octanol–water partition coefficient (Wildman–Crippen LogP) is 1.01. The number of pyridine rings is 1. The summed E-state index contributed by atoms with van der Waals surface area (Å²) in [5, 5.41) is 8.77. The minimum absolute atomic E-state index is 0.349. The van der Waals surface area contributed by atoms with E-state index in [0.29, 0.717) is 17.9 Å². The maximum atomic E-state index is 5.87. The Morgan fingerprint density at radius 2 is 1.86 bits per heavy atom. The Labute approximate surface area is 130 Å². The van der Waals surface area contributed by atoms with E-state index in [0.717, 1.165) is 44.1 Å². The normalized spacial score (nSPS) is 25.7. The summed E-state index contributed by atoms with van der Waals surface area (Å²) in [4.78, 5) is 6.50. The van der Waals surface area contributed by atoms with Gasteiger partial charge in [-0.15, -0.1) is 10.2 Å². The third-order valence-electron chi connectivity index (χ3n) is 5.04. The molecule has 6 nitrogen and oxygen atoms in total. The molecule has 2 aliphatic rings. The van der Waals surface area contributed by atoms with E-state index in [1.165, 1.54) is 5.56 Å². The zero-order valence-corrected chi connectivity index (χ0v) is 12.9. The van der Waals surface area contributed by atoms with Crippen LogP contribution in [0.2, 0.25) is 0 Å². The molecule has 3 heterocycles. The minimum atomic E-state index is 0.349. The summed E-state index contributed by atoms with van der Waals surface area (Å²) in [6.45, 7) is 3.05. The molecule has 0 atom stereocenters. The lowest BCUT2D eigenvalue weighted by atomic mass is 9.80. The van der Waals surface area contributed by atoms with Gasteiger partial charge in [0.05, 0.1) is 6.54 Å². The second-order valence-electron chi connectivity index (χ2n) is 6.63. The average molecular weight is 298 g/mol. The van der Waals surface area contributed by atoms with E-state index in [9.17, 15) is 0 Å². The Hall–Kier alpha value is -1.79. The monoisotopic (exact) mass is 298 g/mol. The van der Waals surface area contributed by atoms with Gasteiger partial charge in [-0.3, -0.25) is 9.88 Å². The van der Waals surface area contributed by atoms with Crippen LogP contribution in [0.1, 0.15) is 41.9 Å². The number of likely N-dealkylation sites (tertiary alicyclic amines) is 1. The van der Waals surface area contributed by atoms with Crippen molar-refractivity contribution < 1.29 is 0 Å². The second kappa shape index (κ2) is 5.44. The molecule has 1 aliphatic heterocycles. The van der Waals surface area contributed by atoms with E-state index < -0.39 is 0 Å². The first kappa shape index (κ1) is 13.8. The molecule has 2 aromatic heterocycles. The van der Waals surface area contributed by atoms with E-state index >= 15 is 0 Å². The lowest BCUT2D eigenvalue weighted by Crippen LogP contribution is -2.44. The van der Waals surface area contributed by atoms with E-state index in [2.05, 4.69) is 43.8 Å². The molecule has 0 radical (unpaired) electrons. The highest BCUT2D eigenvalue weighted by Gasteiger charge is 2.33. The second-order valence-corrected chi connectivity index (χ2v) is 6.63. The van der Waals surface area contributed by atoms with Crippen molar-refractivity contribution >= 4 is 0 Å². The van der Waals surface area contributed by atoms with Crippen molar-refractivity contribution in [1.82, 2.24) is 24.6 Å². The molecular formula is C16H22N6. The van der Waals surface area contributed by atoms with Crippen LogP contribution in [0, 0.1) is 0 Å². The van der Waals surface area contributed by atoms with Crippen LogP contribution in [-0.4, -0.2) is 43.8 Å². The van der Waals surface area contributed by atoms with Crippen LogP contribution < -0.4 is 5.73 Å². The predicted molar refractivity (Wildman–Crippen MR) is 83.2 cm³/mol. The van der Waals surface area contributed by atoms with E-state index in [4.69, 9.17) is 5.73 Å². The van der Waals surface area contributed by atoms with Gasteiger partial charge in [0.15, 0.2) is 0 Å². The van der Waals surface area contributed by atoms with Crippen LogP contribution >= 0.6 is 0 Å². The van der Waals surface area contributed by atoms with Crippen molar-refractivity contribution in [3.63, 3.8) is 0 Å². The molecule has 22 heavy (non-hydrogen) atoms. The lowest BCUT2D eigenvalue weighted by molar-refractivity contribution is 0.134. The summed E-state index contributed by atoms with van der Waals surface area (Å²) in [6.07, 6.45) is 5.83. The van der Waals surface area contributed by atoms with Crippen LogP contribution in [0.3, 0.4) is 0 Å². The van der Waals surface area contributed by atoms with Crippen molar-refractivity contribution in [2.75, 3.05) is 13.1 Å². The molecular weight excluding hydrogens is 276 g/mol. The van der Waals surface area contributed by atoms with Gasteiger partial charge in [-0.1, -0.05) is 0 Å². The molecule has 0 unspecified atom stereocenters. The number of aromatic nitrogens is 4. The number of hydrogen-bond acceptors (Lipinski definition) is 5. The molecule has 2 fully saturated rings. The van der Waals surface area contributed by atoms with Gasteiger partial charge in [-0.05, 0) is 30.5 Å². The zero-order chi connectivity index (χ0) is 15.1. The summed E-state index contributed by atoms with van der Waals surface area (Å²) in [6, 6.07) is 4.58. The summed E-state index contributed by atoms with van der Waals surface area (Å²) >= 11 is 0. The van der Waals surface area contributed by atoms with Crippen LogP contribution in [-0.2, 0) is 13.6 Å². The van der Waals surface area contributed by atoms with Gasteiger partial charge in [0, 0.05) is 50.4 Å². The molecule has 1 saturated carbocycles. The standard InChI is InChI=1S/C16H22N6/c1-21-15(19-20-16(21)12-6-14(17)7-12)10-22-8-13(9-22)11-2-4-18-5-3-11/h2-5,12-14H,6-10,17H2,1H3. The van der Waals surface area contributed by atoms with Crippen molar-refractivity contribution in [2.24, 2.45) is 12.8 Å². The Balaban J connectivity index is 1.35. The average Bonchev–Trinajstić information content (AvgIpc) is 2.81. The molecule has 1 aliphatic carbocycles. The highest BCUT2D eigenvalue weighted by atomic mass is 15.3. The van der Waals surface area contributed by atoms with Gasteiger partial charge in [-0.25, -0.2) is 0 Å². The fraction of sp³-hybridized carbons (Fsp3) is 0.562. The Morgan fingerprint density at radius 1 is 1.14 bits per heavy atom. The van der Waals surface area contributed by atoms with Gasteiger partial charge >= 0.3 is 0 Å². The summed E-state index contributed by atoms with van der Waals surface area (Å²) in [7, 11) is 2.08. The molecule has 0 amide bonds. The smallest absolute Gasteiger partial charge is 0.146 e. The van der Waals surface area contributed by atoms with Gasteiger partial charge in [-0.2, -0.15) is 0 Å². The largest absolute Gasteiger partial charge is 0.328 e. The van der Waals surface area contributed by atoms with Crippen LogP contribution in [0.5, 0.6) is 0 Å². The summed E-state index contributed by atoms with van der Waals surface area (Å²) in [5.41, 5.74) is 7.26. The van der Waals surface area contributed by atoms with Crippen LogP contribution in [0.15, 0.2) is 24.5 Å². The number of rotatable bonds is 4. The summed E-state index contributed by atoms with van der Waals surface area (Å²) < 4.78 is 2.16. The minimum Gasteiger partial charge on any atom is -0.328 e. The first-order chi connectivity index (χ1) is 10.7. The van der Waals surface area contributed by atoms with Crippen molar-refractivity contribution in [1.29, 1.82) is 0 Å². The van der Waals surface area contributed by atoms with Gasteiger partial charge in [0.1, 0.15) is 11.6 Å². The molecule has 116 valence electrons. The molecule has 4 rings (SSSR count).